The van der Waals surface area contributed by atoms with Crippen LogP contribution in [0.1, 0.15) is 36.8 Å². The summed E-state index contributed by atoms with van der Waals surface area (Å²) in [5, 5.41) is 2.14. The van der Waals surface area contributed by atoms with E-state index in [9.17, 15) is 4.79 Å². The van der Waals surface area contributed by atoms with E-state index in [-0.39, 0.29) is 11.9 Å². The number of thiophene rings is 1. The largest absolute Gasteiger partial charge is 0.332 e. The first-order valence-electron chi connectivity index (χ1n) is 5.77. The molecule has 0 bridgehead atoms. The van der Waals surface area contributed by atoms with Gasteiger partial charge in [0.15, 0.2) is 0 Å². The van der Waals surface area contributed by atoms with Gasteiger partial charge in [-0.1, -0.05) is 13.0 Å². The highest BCUT2D eigenvalue weighted by molar-refractivity contribution is 7.10. The van der Waals surface area contributed by atoms with Crippen molar-refractivity contribution in [2.24, 2.45) is 0 Å². The number of allylic oxidation sites excluding steroid dienone is 1. The molecule has 0 aromatic carbocycles. The third-order valence-corrected chi connectivity index (χ3v) is 4.07. The van der Waals surface area contributed by atoms with Crippen LogP contribution in [0.25, 0.3) is 0 Å². The van der Waals surface area contributed by atoms with Crippen molar-refractivity contribution in [1.82, 2.24) is 4.90 Å². The summed E-state index contributed by atoms with van der Waals surface area (Å²) < 4.78 is 0. The van der Waals surface area contributed by atoms with Gasteiger partial charge in [-0.15, -0.1) is 11.3 Å². The van der Waals surface area contributed by atoms with Crippen molar-refractivity contribution in [3.8, 4) is 0 Å². The summed E-state index contributed by atoms with van der Waals surface area (Å²) >= 11 is 1.82. The lowest BCUT2D eigenvalue weighted by Crippen LogP contribution is -2.38. The predicted octanol–water partition coefficient (Wildman–Crippen LogP) is 3.16. The van der Waals surface area contributed by atoms with Gasteiger partial charge in [0.2, 0.25) is 5.91 Å². The number of hydrogen-bond donors (Lipinski definition) is 0. The Labute approximate surface area is 101 Å². The van der Waals surface area contributed by atoms with Gasteiger partial charge in [0.1, 0.15) is 0 Å². The lowest BCUT2D eigenvalue weighted by Gasteiger charge is -2.34. The molecule has 1 aromatic heterocycles. The van der Waals surface area contributed by atoms with Gasteiger partial charge >= 0.3 is 0 Å². The molecule has 2 nitrogen and oxygen atoms in total. The Morgan fingerprint density at radius 1 is 1.69 bits per heavy atom. The van der Waals surface area contributed by atoms with Crippen molar-refractivity contribution in [1.29, 1.82) is 0 Å². The monoisotopic (exact) mass is 235 g/mol. The van der Waals surface area contributed by atoms with Crippen molar-refractivity contribution in [3.63, 3.8) is 0 Å². The summed E-state index contributed by atoms with van der Waals surface area (Å²) in [6.45, 7) is 4.89. The molecular formula is C13H17NOS. The lowest BCUT2D eigenvalue weighted by atomic mass is 9.98. The zero-order chi connectivity index (χ0) is 11.5. The number of amides is 1. The lowest BCUT2D eigenvalue weighted by molar-refractivity contribution is -0.128. The fourth-order valence-electron chi connectivity index (χ4n) is 2.34. The molecule has 2 rings (SSSR count). The number of fused-ring (bicyclic) bond motifs is 1. The molecule has 0 N–H and O–H groups in total. The molecule has 1 aromatic rings. The van der Waals surface area contributed by atoms with E-state index in [1.807, 2.05) is 29.2 Å². The minimum Gasteiger partial charge on any atom is -0.332 e. The first kappa shape index (κ1) is 11.4. The minimum absolute atomic E-state index is 0.145. The first-order valence-corrected chi connectivity index (χ1v) is 6.65. The molecule has 0 aliphatic carbocycles. The summed E-state index contributed by atoms with van der Waals surface area (Å²) in [6, 6.07) is 2.45. The van der Waals surface area contributed by atoms with Crippen LogP contribution in [0.3, 0.4) is 0 Å². The Kier molecular flexibility index (Phi) is 3.44. The van der Waals surface area contributed by atoms with Crippen LogP contribution >= 0.6 is 11.3 Å². The maximum absolute atomic E-state index is 11.9. The van der Waals surface area contributed by atoms with Crippen molar-refractivity contribution in [2.45, 2.75) is 32.7 Å². The van der Waals surface area contributed by atoms with E-state index in [1.165, 1.54) is 10.4 Å². The summed E-state index contributed by atoms with van der Waals surface area (Å²) in [7, 11) is 0. The predicted molar refractivity (Wildman–Crippen MR) is 67.6 cm³/mol. The number of carbonyl (C=O) groups is 1. The number of rotatable bonds is 2. The average Bonchev–Trinajstić information content (AvgIpc) is 2.75. The van der Waals surface area contributed by atoms with Gasteiger partial charge in [0, 0.05) is 11.4 Å². The van der Waals surface area contributed by atoms with Gasteiger partial charge < -0.3 is 4.90 Å². The molecule has 0 saturated heterocycles. The molecule has 1 amide bonds. The molecule has 0 radical (unpaired) electrons. The van der Waals surface area contributed by atoms with Crippen LogP contribution in [0, 0.1) is 0 Å². The zero-order valence-electron chi connectivity index (χ0n) is 9.77. The van der Waals surface area contributed by atoms with Crippen molar-refractivity contribution >= 4 is 17.2 Å². The second-order valence-electron chi connectivity index (χ2n) is 4.00. The van der Waals surface area contributed by atoms with E-state index >= 15 is 0 Å². The van der Waals surface area contributed by atoms with Crippen LogP contribution in [0.15, 0.2) is 23.6 Å². The maximum Gasteiger partial charge on any atom is 0.246 e. The Bertz CT molecular complexity index is 408. The van der Waals surface area contributed by atoms with Crippen LogP contribution in [0.2, 0.25) is 0 Å². The number of carbonyl (C=O) groups excluding carboxylic acids is 1. The van der Waals surface area contributed by atoms with Gasteiger partial charge in [0.05, 0.1) is 6.04 Å². The van der Waals surface area contributed by atoms with Gasteiger partial charge in [0.25, 0.3) is 0 Å². The molecular weight excluding hydrogens is 218 g/mol. The maximum atomic E-state index is 11.9. The molecule has 1 aliphatic heterocycles. The van der Waals surface area contributed by atoms with E-state index in [2.05, 4.69) is 18.4 Å². The minimum atomic E-state index is 0.145. The Hall–Kier alpha value is -1.09. The van der Waals surface area contributed by atoms with Crippen LogP contribution in [-0.2, 0) is 11.2 Å². The van der Waals surface area contributed by atoms with E-state index in [0.29, 0.717) is 0 Å². The van der Waals surface area contributed by atoms with Crippen LogP contribution in [0.4, 0.5) is 0 Å². The van der Waals surface area contributed by atoms with E-state index in [4.69, 9.17) is 0 Å². The third kappa shape index (κ3) is 1.92. The van der Waals surface area contributed by atoms with Crippen LogP contribution < -0.4 is 0 Å². The Morgan fingerprint density at radius 2 is 2.50 bits per heavy atom. The smallest absolute Gasteiger partial charge is 0.246 e. The number of nitrogens with zero attached hydrogens (tertiary/aromatic N) is 1. The van der Waals surface area contributed by atoms with Gasteiger partial charge in [-0.3, -0.25) is 4.79 Å². The molecule has 1 atom stereocenters. The molecule has 0 saturated carbocycles. The quantitative estimate of drug-likeness (QED) is 0.721. The van der Waals surface area contributed by atoms with Gasteiger partial charge in [-0.05, 0) is 42.9 Å². The second-order valence-corrected chi connectivity index (χ2v) is 5.01. The number of hydrogen-bond acceptors (Lipinski definition) is 2. The molecule has 0 fully saturated rings. The zero-order valence-corrected chi connectivity index (χ0v) is 10.6. The average molecular weight is 235 g/mol. The molecule has 1 unspecified atom stereocenters. The normalized spacial score (nSPS) is 20.1. The third-order valence-electron chi connectivity index (χ3n) is 3.07. The van der Waals surface area contributed by atoms with Crippen molar-refractivity contribution < 1.29 is 4.79 Å². The highest BCUT2D eigenvalue weighted by Gasteiger charge is 2.28. The van der Waals surface area contributed by atoms with E-state index in [0.717, 1.165) is 19.4 Å². The summed E-state index contributed by atoms with van der Waals surface area (Å²) in [6.07, 6.45) is 5.48. The molecule has 3 heteroatoms. The van der Waals surface area contributed by atoms with Crippen LogP contribution in [-0.4, -0.2) is 17.4 Å². The molecule has 86 valence electrons. The summed E-state index contributed by atoms with van der Waals surface area (Å²) in [5.74, 6) is 0.145. The van der Waals surface area contributed by atoms with Crippen molar-refractivity contribution in [2.75, 3.05) is 6.54 Å². The second kappa shape index (κ2) is 4.83. The summed E-state index contributed by atoms with van der Waals surface area (Å²) in [5.41, 5.74) is 1.36. The molecule has 0 spiro atoms. The van der Waals surface area contributed by atoms with Crippen molar-refractivity contribution in [3.05, 3.63) is 34.0 Å². The fraction of sp³-hybridized carbons (Fsp3) is 0.462. The Balaban J connectivity index is 2.27. The Morgan fingerprint density at radius 3 is 3.19 bits per heavy atom. The highest BCUT2D eigenvalue weighted by Crippen LogP contribution is 2.35. The van der Waals surface area contributed by atoms with E-state index < -0.39 is 0 Å². The van der Waals surface area contributed by atoms with Crippen LogP contribution in [0.5, 0.6) is 0 Å². The van der Waals surface area contributed by atoms with Gasteiger partial charge in [-0.2, -0.15) is 0 Å². The highest BCUT2D eigenvalue weighted by atomic mass is 32.1. The van der Waals surface area contributed by atoms with E-state index in [1.54, 1.807) is 6.08 Å². The fourth-order valence-corrected chi connectivity index (χ4v) is 3.27. The molecule has 16 heavy (non-hydrogen) atoms. The topological polar surface area (TPSA) is 20.3 Å². The van der Waals surface area contributed by atoms with Gasteiger partial charge in [-0.25, -0.2) is 0 Å². The SMILES string of the molecule is CC=CC(=O)N1CCc2sccc2C1CC. The standard InChI is InChI=1S/C13H17NOS/c1-3-5-13(15)14-8-6-12-10(7-9-16-12)11(14)4-2/h3,5,7,9,11H,4,6,8H2,1-2H3. The summed E-state index contributed by atoms with van der Waals surface area (Å²) in [4.78, 5) is 15.4. The molecule has 1 aliphatic rings. The molecule has 2 heterocycles. The first-order chi connectivity index (χ1) is 7.77.